The van der Waals surface area contributed by atoms with Gasteiger partial charge in [-0.3, -0.25) is 4.79 Å². The topological polar surface area (TPSA) is 41.1 Å². The molecule has 0 radical (unpaired) electrons. The summed E-state index contributed by atoms with van der Waals surface area (Å²) in [5, 5.41) is 7.15. The normalized spacial score (nSPS) is 29.3. The van der Waals surface area contributed by atoms with E-state index in [0.29, 0.717) is 12.6 Å². The van der Waals surface area contributed by atoms with Crippen molar-refractivity contribution in [2.24, 2.45) is 5.92 Å². The highest BCUT2D eigenvalue weighted by molar-refractivity contribution is 7.99. The second-order valence-electron chi connectivity index (χ2n) is 5.00. The Morgan fingerprint density at radius 3 is 2.75 bits per heavy atom. The average molecular weight is 242 g/mol. The first kappa shape index (κ1) is 12.2. The van der Waals surface area contributed by atoms with E-state index in [9.17, 15) is 4.79 Å². The lowest BCUT2D eigenvalue weighted by atomic mass is 10.2. The molecule has 2 atom stereocenters. The van der Waals surface area contributed by atoms with Gasteiger partial charge < -0.3 is 10.6 Å². The Hall–Kier alpha value is -0.220. The first-order valence-corrected chi connectivity index (χ1v) is 7.59. The molecule has 0 aromatic rings. The molecular weight excluding hydrogens is 220 g/mol. The Labute approximate surface area is 102 Å². The van der Waals surface area contributed by atoms with E-state index in [1.54, 1.807) is 0 Å². The monoisotopic (exact) mass is 242 g/mol. The van der Waals surface area contributed by atoms with E-state index in [1.165, 1.54) is 32.1 Å². The number of carbonyl (C=O) groups is 1. The van der Waals surface area contributed by atoms with Crippen LogP contribution in [0.15, 0.2) is 0 Å². The van der Waals surface area contributed by atoms with Gasteiger partial charge in [-0.2, -0.15) is 11.8 Å². The Morgan fingerprint density at radius 1 is 1.31 bits per heavy atom. The summed E-state index contributed by atoms with van der Waals surface area (Å²) < 4.78 is 0. The van der Waals surface area contributed by atoms with Gasteiger partial charge in [0.15, 0.2) is 0 Å². The summed E-state index contributed by atoms with van der Waals surface area (Å²) in [7, 11) is 0. The third-order valence-corrected chi connectivity index (χ3v) is 4.65. The number of rotatable bonds is 6. The predicted octanol–water partition coefficient (Wildman–Crippen LogP) is 1.39. The van der Waals surface area contributed by atoms with Crippen LogP contribution in [0.1, 0.15) is 32.1 Å². The SMILES string of the molecule is CSC1CCC(NCC(=O)NCC2CC2)C1. The van der Waals surface area contributed by atoms with Crippen LogP contribution in [0.25, 0.3) is 0 Å². The van der Waals surface area contributed by atoms with Gasteiger partial charge in [0.25, 0.3) is 0 Å². The zero-order chi connectivity index (χ0) is 11.4. The second kappa shape index (κ2) is 5.92. The summed E-state index contributed by atoms with van der Waals surface area (Å²) in [6, 6.07) is 0.559. The molecule has 0 saturated heterocycles. The number of nitrogens with one attached hydrogen (secondary N) is 2. The summed E-state index contributed by atoms with van der Waals surface area (Å²) in [6.07, 6.45) is 8.51. The summed E-state index contributed by atoms with van der Waals surface area (Å²) in [5.41, 5.74) is 0. The minimum Gasteiger partial charge on any atom is -0.355 e. The Balaban J connectivity index is 1.54. The molecule has 2 fully saturated rings. The van der Waals surface area contributed by atoms with E-state index in [2.05, 4.69) is 16.9 Å². The van der Waals surface area contributed by atoms with Crippen LogP contribution in [0, 0.1) is 5.92 Å². The van der Waals surface area contributed by atoms with E-state index in [1.807, 2.05) is 11.8 Å². The van der Waals surface area contributed by atoms with E-state index < -0.39 is 0 Å². The molecule has 2 saturated carbocycles. The molecule has 3 nitrogen and oxygen atoms in total. The molecule has 16 heavy (non-hydrogen) atoms. The van der Waals surface area contributed by atoms with Crippen LogP contribution in [-0.2, 0) is 4.79 Å². The standard InChI is InChI=1S/C12H22N2OS/c1-16-11-5-4-10(6-11)13-8-12(15)14-7-9-2-3-9/h9-11,13H,2-8H2,1H3,(H,14,15). The zero-order valence-electron chi connectivity index (χ0n) is 10.00. The van der Waals surface area contributed by atoms with Gasteiger partial charge in [-0.1, -0.05) is 0 Å². The van der Waals surface area contributed by atoms with Crippen LogP contribution in [0.5, 0.6) is 0 Å². The van der Waals surface area contributed by atoms with E-state index in [0.717, 1.165) is 17.7 Å². The van der Waals surface area contributed by atoms with Gasteiger partial charge in [0.1, 0.15) is 0 Å². The van der Waals surface area contributed by atoms with E-state index in [-0.39, 0.29) is 5.91 Å². The van der Waals surface area contributed by atoms with Crippen molar-refractivity contribution in [1.82, 2.24) is 10.6 Å². The van der Waals surface area contributed by atoms with Gasteiger partial charge in [0.05, 0.1) is 6.54 Å². The van der Waals surface area contributed by atoms with Crippen molar-refractivity contribution in [2.75, 3.05) is 19.3 Å². The predicted molar refractivity (Wildman–Crippen MR) is 68.7 cm³/mol. The fourth-order valence-electron chi connectivity index (χ4n) is 2.22. The van der Waals surface area contributed by atoms with Gasteiger partial charge in [0.2, 0.25) is 5.91 Å². The first-order valence-electron chi connectivity index (χ1n) is 6.31. The van der Waals surface area contributed by atoms with Crippen LogP contribution in [0.2, 0.25) is 0 Å². The molecule has 2 rings (SSSR count). The molecule has 1 amide bonds. The summed E-state index contributed by atoms with van der Waals surface area (Å²) in [5.74, 6) is 0.941. The van der Waals surface area contributed by atoms with Crippen molar-refractivity contribution < 1.29 is 4.79 Å². The number of hydrogen-bond acceptors (Lipinski definition) is 3. The van der Waals surface area contributed by atoms with Crippen molar-refractivity contribution in [3.05, 3.63) is 0 Å². The lowest BCUT2D eigenvalue weighted by molar-refractivity contribution is -0.120. The molecule has 4 heteroatoms. The van der Waals surface area contributed by atoms with Crippen LogP contribution in [0.4, 0.5) is 0 Å². The molecule has 0 spiro atoms. The fourth-order valence-corrected chi connectivity index (χ4v) is 3.02. The van der Waals surface area contributed by atoms with Crippen molar-refractivity contribution in [3.8, 4) is 0 Å². The molecule has 2 aliphatic rings. The number of thioether (sulfide) groups is 1. The van der Waals surface area contributed by atoms with Crippen molar-refractivity contribution >= 4 is 17.7 Å². The first-order chi connectivity index (χ1) is 7.78. The highest BCUT2D eigenvalue weighted by atomic mass is 32.2. The van der Waals surface area contributed by atoms with Gasteiger partial charge in [0, 0.05) is 17.8 Å². The van der Waals surface area contributed by atoms with Gasteiger partial charge in [-0.15, -0.1) is 0 Å². The molecular formula is C12H22N2OS. The minimum atomic E-state index is 0.166. The molecule has 92 valence electrons. The molecule has 0 aromatic carbocycles. The summed E-state index contributed by atoms with van der Waals surface area (Å²) in [4.78, 5) is 11.5. The van der Waals surface area contributed by atoms with Crippen LogP contribution in [0.3, 0.4) is 0 Å². The summed E-state index contributed by atoms with van der Waals surface area (Å²) in [6.45, 7) is 1.39. The quantitative estimate of drug-likeness (QED) is 0.739. The van der Waals surface area contributed by atoms with Gasteiger partial charge in [-0.25, -0.2) is 0 Å². The minimum absolute atomic E-state index is 0.166. The van der Waals surface area contributed by atoms with Crippen molar-refractivity contribution in [3.63, 3.8) is 0 Å². The maximum atomic E-state index is 11.5. The lowest BCUT2D eigenvalue weighted by Gasteiger charge is -2.12. The number of amides is 1. The molecule has 2 N–H and O–H groups in total. The lowest BCUT2D eigenvalue weighted by Crippen LogP contribution is -2.39. The van der Waals surface area contributed by atoms with Gasteiger partial charge >= 0.3 is 0 Å². The van der Waals surface area contributed by atoms with Crippen molar-refractivity contribution in [2.45, 2.75) is 43.4 Å². The third-order valence-electron chi connectivity index (χ3n) is 3.55. The Kier molecular flexibility index (Phi) is 4.53. The van der Waals surface area contributed by atoms with Crippen molar-refractivity contribution in [1.29, 1.82) is 0 Å². The highest BCUT2D eigenvalue weighted by Crippen LogP contribution is 2.28. The van der Waals surface area contributed by atoms with Crippen LogP contribution < -0.4 is 10.6 Å². The molecule has 0 bridgehead atoms. The maximum absolute atomic E-state index is 11.5. The molecule has 0 heterocycles. The van der Waals surface area contributed by atoms with Gasteiger partial charge in [-0.05, 0) is 44.3 Å². The smallest absolute Gasteiger partial charge is 0.233 e. The largest absolute Gasteiger partial charge is 0.355 e. The van der Waals surface area contributed by atoms with E-state index in [4.69, 9.17) is 0 Å². The maximum Gasteiger partial charge on any atom is 0.233 e. The zero-order valence-corrected chi connectivity index (χ0v) is 10.8. The summed E-state index contributed by atoms with van der Waals surface area (Å²) >= 11 is 1.95. The Bertz CT molecular complexity index is 243. The highest BCUT2D eigenvalue weighted by Gasteiger charge is 2.24. The molecule has 2 aliphatic carbocycles. The molecule has 0 aliphatic heterocycles. The Morgan fingerprint density at radius 2 is 2.12 bits per heavy atom. The number of hydrogen-bond donors (Lipinski definition) is 2. The average Bonchev–Trinajstić information content (AvgIpc) is 3.01. The fraction of sp³-hybridized carbons (Fsp3) is 0.917. The van der Waals surface area contributed by atoms with Crippen LogP contribution in [-0.4, -0.2) is 36.5 Å². The molecule has 2 unspecified atom stereocenters. The molecule has 0 aromatic heterocycles. The van der Waals surface area contributed by atoms with E-state index >= 15 is 0 Å². The second-order valence-corrected chi connectivity index (χ2v) is 6.13. The van der Waals surface area contributed by atoms with Crippen LogP contribution >= 0.6 is 11.8 Å². The third kappa shape index (κ3) is 3.98. The number of carbonyl (C=O) groups excluding carboxylic acids is 1.